The van der Waals surface area contributed by atoms with Crippen molar-refractivity contribution in [3.8, 4) is 0 Å². The van der Waals surface area contributed by atoms with Gasteiger partial charge in [-0.1, -0.05) is 32.1 Å². The van der Waals surface area contributed by atoms with Gasteiger partial charge < -0.3 is 9.84 Å². The zero-order valence-electron chi connectivity index (χ0n) is 12.1. The van der Waals surface area contributed by atoms with Gasteiger partial charge in [-0.3, -0.25) is 4.79 Å². The summed E-state index contributed by atoms with van der Waals surface area (Å²) < 4.78 is 5.00. The first kappa shape index (κ1) is 14.3. The molecule has 0 aromatic rings. The molecule has 0 aliphatic heterocycles. The average molecular weight is 264 g/mol. The number of ether oxygens (including phenoxy) is 1. The van der Waals surface area contributed by atoms with Crippen LogP contribution in [0.4, 0.5) is 0 Å². The van der Waals surface area contributed by atoms with Crippen LogP contribution in [0.2, 0.25) is 0 Å². The molecule has 106 valence electrons. The second kappa shape index (κ2) is 5.12. The number of allylic oxidation sites excluding steroid dienone is 3. The van der Waals surface area contributed by atoms with E-state index in [0.717, 1.165) is 18.4 Å². The third-order valence-corrected chi connectivity index (χ3v) is 4.56. The maximum Gasteiger partial charge on any atom is 0.309 e. The number of fused-ring (bicyclic) bond motifs is 1. The van der Waals surface area contributed by atoms with E-state index in [0.29, 0.717) is 18.9 Å². The first-order chi connectivity index (χ1) is 8.89. The van der Waals surface area contributed by atoms with Gasteiger partial charge >= 0.3 is 5.97 Å². The second-order valence-electron chi connectivity index (χ2n) is 6.34. The van der Waals surface area contributed by atoms with Crippen molar-refractivity contribution in [1.29, 1.82) is 0 Å². The Hall–Kier alpha value is -1.09. The molecule has 2 aliphatic rings. The number of aliphatic hydroxyl groups is 1. The number of carbonyl (C=O) groups is 1. The molecule has 2 unspecified atom stereocenters. The molecule has 0 heterocycles. The van der Waals surface area contributed by atoms with Crippen LogP contribution in [0, 0.1) is 11.3 Å². The Morgan fingerprint density at radius 2 is 2.21 bits per heavy atom. The van der Waals surface area contributed by atoms with E-state index < -0.39 is 5.60 Å². The largest absolute Gasteiger partial charge is 0.466 e. The van der Waals surface area contributed by atoms with Crippen molar-refractivity contribution in [1.82, 2.24) is 0 Å². The fraction of sp³-hybridized carbons (Fsp3) is 0.688. The van der Waals surface area contributed by atoms with Crippen LogP contribution in [0.25, 0.3) is 0 Å². The minimum atomic E-state index is -1.02. The lowest BCUT2D eigenvalue weighted by molar-refractivity contribution is -0.149. The quantitative estimate of drug-likeness (QED) is 0.797. The summed E-state index contributed by atoms with van der Waals surface area (Å²) in [5.41, 5.74) is 0.175. The fourth-order valence-corrected chi connectivity index (χ4v) is 3.34. The van der Waals surface area contributed by atoms with Gasteiger partial charge in [-0.15, -0.1) is 0 Å². The summed E-state index contributed by atoms with van der Waals surface area (Å²) in [5, 5.41) is 10.9. The van der Waals surface area contributed by atoms with E-state index in [9.17, 15) is 9.90 Å². The molecule has 0 aromatic carbocycles. The summed E-state index contributed by atoms with van der Waals surface area (Å²) >= 11 is 0. The van der Waals surface area contributed by atoms with Gasteiger partial charge in [-0.25, -0.2) is 0 Å². The molecule has 3 nitrogen and oxygen atoms in total. The highest BCUT2D eigenvalue weighted by Crippen LogP contribution is 2.52. The van der Waals surface area contributed by atoms with E-state index in [1.54, 1.807) is 6.92 Å². The summed E-state index contributed by atoms with van der Waals surface area (Å²) in [7, 11) is 0. The Morgan fingerprint density at radius 3 is 2.89 bits per heavy atom. The summed E-state index contributed by atoms with van der Waals surface area (Å²) in [6, 6.07) is 0. The fourth-order valence-electron chi connectivity index (χ4n) is 3.34. The highest BCUT2D eigenvalue weighted by atomic mass is 16.5. The van der Waals surface area contributed by atoms with Crippen molar-refractivity contribution < 1.29 is 14.6 Å². The molecule has 1 N–H and O–H groups in total. The number of rotatable bonds is 3. The van der Waals surface area contributed by atoms with Crippen molar-refractivity contribution in [3.05, 3.63) is 23.8 Å². The topological polar surface area (TPSA) is 46.5 Å². The molecular formula is C16H24O3. The molecule has 1 saturated carbocycles. The van der Waals surface area contributed by atoms with E-state index in [4.69, 9.17) is 4.74 Å². The minimum absolute atomic E-state index is 0.0765. The molecule has 1 fully saturated rings. The molecule has 0 radical (unpaired) electrons. The van der Waals surface area contributed by atoms with Crippen molar-refractivity contribution in [2.45, 2.75) is 52.1 Å². The number of carbonyl (C=O) groups excluding carboxylic acids is 1. The monoisotopic (exact) mass is 264 g/mol. The lowest BCUT2D eigenvalue weighted by Crippen LogP contribution is -2.47. The zero-order valence-corrected chi connectivity index (χ0v) is 12.1. The Balaban J connectivity index is 2.24. The zero-order chi connectivity index (χ0) is 14.1. The summed E-state index contributed by atoms with van der Waals surface area (Å²) in [4.78, 5) is 11.7. The molecule has 3 heteroatoms. The van der Waals surface area contributed by atoms with Crippen molar-refractivity contribution in [3.63, 3.8) is 0 Å². The third-order valence-electron chi connectivity index (χ3n) is 4.56. The van der Waals surface area contributed by atoms with Crippen LogP contribution in [-0.4, -0.2) is 23.3 Å². The third kappa shape index (κ3) is 2.76. The van der Waals surface area contributed by atoms with Gasteiger partial charge in [-0.2, -0.15) is 0 Å². The van der Waals surface area contributed by atoms with Crippen LogP contribution in [0.5, 0.6) is 0 Å². The van der Waals surface area contributed by atoms with Gasteiger partial charge in [0.15, 0.2) is 0 Å². The van der Waals surface area contributed by atoms with Gasteiger partial charge in [0, 0.05) is 0 Å². The van der Waals surface area contributed by atoms with Crippen molar-refractivity contribution in [2.75, 3.05) is 6.61 Å². The molecule has 2 atom stereocenters. The Morgan fingerprint density at radius 1 is 1.47 bits per heavy atom. The van der Waals surface area contributed by atoms with Crippen LogP contribution < -0.4 is 0 Å². The van der Waals surface area contributed by atoms with Crippen LogP contribution in [0.1, 0.15) is 46.5 Å². The number of esters is 1. The molecule has 19 heavy (non-hydrogen) atoms. The Labute approximate surface area is 115 Å². The highest BCUT2D eigenvalue weighted by molar-refractivity contribution is 5.71. The summed E-state index contributed by atoms with van der Waals surface area (Å²) in [5.74, 6) is 0.0181. The SMILES string of the molecule is CCOC(=O)CC1(O)CCC(C)(C)C2CC=CC=C21. The number of hydrogen-bond donors (Lipinski definition) is 1. The predicted molar refractivity (Wildman–Crippen MR) is 74.5 cm³/mol. The van der Waals surface area contributed by atoms with Crippen LogP contribution in [0.3, 0.4) is 0 Å². The molecule has 0 bridgehead atoms. The van der Waals surface area contributed by atoms with E-state index in [-0.39, 0.29) is 17.8 Å². The molecule has 0 saturated heterocycles. The van der Waals surface area contributed by atoms with E-state index in [1.165, 1.54) is 0 Å². The molecule has 2 rings (SSSR count). The maximum atomic E-state index is 11.7. The Bertz CT molecular complexity index is 420. The van der Waals surface area contributed by atoms with E-state index >= 15 is 0 Å². The van der Waals surface area contributed by atoms with E-state index in [2.05, 4.69) is 19.9 Å². The molecule has 0 aromatic heterocycles. The summed E-state index contributed by atoms with van der Waals surface area (Å²) in [6.45, 7) is 6.64. The van der Waals surface area contributed by atoms with Crippen molar-refractivity contribution in [2.24, 2.45) is 11.3 Å². The smallest absolute Gasteiger partial charge is 0.309 e. The number of hydrogen-bond acceptors (Lipinski definition) is 3. The first-order valence-electron chi connectivity index (χ1n) is 7.14. The summed E-state index contributed by atoms with van der Waals surface area (Å²) in [6.07, 6.45) is 8.72. The highest BCUT2D eigenvalue weighted by Gasteiger charge is 2.48. The van der Waals surface area contributed by atoms with E-state index in [1.807, 2.05) is 12.2 Å². The van der Waals surface area contributed by atoms with Crippen LogP contribution >= 0.6 is 0 Å². The molecule has 0 amide bonds. The maximum absolute atomic E-state index is 11.7. The standard InChI is InChI=1S/C16H24O3/c1-4-19-14(17)11-16(18)10-9-15(2,3)12-7-5-6-8-13(12)16/h5-6,8,12,18H,4,7,9-11H2,1-3H3. The van der Waals surface area contributed by atoms with Gasteiger partial charge in [0.25, 0.3) is 0 Å². The van der Waals surface area contributed by atoms with Gasteiger partial charge in [0.2, 0.25) is 0 Å². The van der Waals surface area contributed by atoms with Gasteiger partial charge in [-0.05, 0) is 43.1 Å². The van der Waals surface area contributed by atoms with Crippen molar-refractivity contribution >= 4 is 5.97 Å². The van der Waals surface area contributed by atoms with Crippen LogP contribution in [0.15, 0.2) is 23.8 Å². The molecule has 2 aliphatic carbocycles. The lowest BCUT2D eigenvalue weighted by Gasteiger charge is -2.49. The Kier molecular flexibility index (Phi) is 3.86. The van der Waals surface area contributed by atoms with Crippen LogP contribution in [-0.2, 0) is 9.53 Å². The van der Waals surface area contributed by atoms with Gasteiger partial charge in [0.1, 0.15) is 0 Å². The first-order valence-corrected chi connectivity index (χ1v) is 7.14. The normalized spacial score (nSPS) is 32.4. The minimum Gasteiger partial charge on any atom is -0.466 e. The molecular weight excluding hydrogens is 240 g/mol. The lowest BCUT2D eigenvalue weighted by atomic mass is 9.58. The average Bonchev–Trinajstić information content (AvgIpc) is 2.36. The molecule has 0 spiro atoms. The second-order valence-corrected chi connectivity index (χ2v) is 6.34. The van der Waals surface area contributed by atoms with Gasteiger partial charge in [0.05, 0.1) is 18.6 Å². The predicted octanol–water partition coefficient (Wildman–Crippen LogP) is 2.99.